The molecule has 6 nitrogen and oxygen atoms in total. The van der Waals surface area contributed by atoms with Crippen LogP contribution in [0.5, 0.6) is 11.5 Å². The van der Waals surface area contributed by atoms with Crippen molar-refractivity contribution in [3.8, 4) is 11.5 Å². The van der Waals surface area contributed by atoms with E-state index in [1.54, 1.807) is 31.4 Å². The predicted molar refractivity (Wildman–Crippen MR) is 92.8 cm³/mol. The molecule has 0 heterocycles. The van der Waals surface area contributed by atoms with E-state index in [4.69, 9.17) is 14.2 Å². The van der Waals surface area contributed by atoms with E-state index in [0.717, 1.165) is 5.56 Å². The van der Waals surface area contributed by atoms with E-state index >= 15 is 0 Å². The number of hydrogen-bond donors (Lipinski definition) is 1. The van der Waals surface area contributed by atoms with Crippen molar-refractivity contribution >= 4 is 11.9 Å². The van der Waals surface area contributed by atoms with Crippen molar-refractivity contribution in [1.82, 2.24) is 5.32 Å². The van der Waals surface area contributed by atoms with Crippen molar-refractivity contribution in [2.75, 3.05) is 20.8 Å². The summed E-state index contributed by atoms with van der Waals surface area (Å²) in [7, 11) is 3.05. The summed E-state index contributed by atoms with van der Waals surface area (Å²) >= 11 is 0. The van der Waals surface area contributed by atoms with E-state index in [1.807, 2.05) is 31.2 Å². The second-order valence-electron chi connectivity index (χ2n) is 5.34. The summed E-state index contributed by atoms with van der Waals surface area (Å²) < 4.78 is 15.3. The second-order valence-corrected chi connectivity index (χ2v) is 5.34. The van der Waals surface area contributed by atoms with E-state index in [-0.39, 0.29) is 18.2 Å². The SMILES string of the molecule is COc1cccc(C(C)NC(=O)COC(=O)c2ccccc2OC)c1. The van der Waals surface area contributed by atoms with Crippen molar-refractivity contribution in [2.24, 2.45) is 0 Å². The van der Waals surface area contributed by atoms with Crippen LogP contribution in [0.1, 0.15) is 28.9 Å². The molecule has 0 aliphatic carbocycles. The Hall–Kier alpha value is -3.02. The van der Waals surface area contributed by atoms with Gasteiger partial charge in [-0.25, -0.2) is 4.79 Å². The molecule has 0 aliphatic heterocycles. The zero-order valence-electron chi connectivity index (χ0n) is 14.4. The van der Waals surface area contributed by atoms with E-state index < -0.39 is 11.9 Å². The van der Waals surface area contributed by atoms with Gasteiger partial charge in [-0.2, -0.15) is 0 Å². The highest BCUT2D eigenvalue weighted by Gasteiger charge is 2.16. The summed E-state index contributed by atoms with van der Waals surface area (Å²) in [4.78, 5) is 24.1. The number of methoxy groups -OCH3 is 2. The lowest BCUT2D eigenvalue weighted by atomic mass is 10.1. The highest BCUT2D eigenvalue weighted by molar-refractivity contribution is 5.94. The van der Waals surface area contributed by atoms with Crippen LogP contribution in [0.15, 0.2) is 48.5 Å². The minimum absolute atomic E-state index is 0.243. The van der Waals surface area contributed by atoms with Gasteiger partial charge in [0.2, 0.25) is 0 Å². The van der Waals surface area contributed by atoms with Crippen molar-refractivity contribution in [1.29, 1.82) is 0 Å². The highest BCUT2D eigenvalue weighted by Crippen LogP contribution is 2.19. The van der Waals surface area contributed by atoms with Gasteiger partial charge in [0.05, 0.1) is 20.3 Å². The summed E-state index contributed by atoms with van der Waals surface area (Å²) in [5.41, 5.74) is 1.17. The molecule has 2 aromatic carbocycles. The number of carbonyl (C=O) groups excluding carboxylic acids is 2. The number of hydrogen-bond acceptors (Lipinski definition) is 5. The molecule has 0 saturated heterocycles. The largest absolute Gasteiger partial charge is 0.497 e. The average Bonchev–Trinajstić information content (AvgIpc) is 2.66. The molecule has 25 heavy (non-hydrogen) atoms. The second kappa shape index (κ2) is 8.73. The van der Waals surface area contributed by atoms with E-state index in [0.29, 0.717) is 11.5 Å². The first-order chi connectivity index (χ1) is 12.0. The molecule has 132 valence electrons. The van der Waals surface area contributed by atoms with Crippen LogP contribution in [-0.4, -0.2) is 32.7 Å². The van der Waals surface area contributed by atoms with Crippen LogP contribution < -0.4 is 14.8 Å². The normalized spacial score (nSPS) is 11.3. The molecule has 2 aromatic rings. The molecule has 0 aliphatic rings. The van der Waals surface area contributed by atoms with Crippen LogP contribution in [0.4, 0.5) is 0 Å². The molecule has 0 radical (unpaired) electrons. The lowest BCUT2D eigenvalue weighted by molar-refractivity contribution is -0.124. The summed E-state index contributed by atoms with van der Waals surface area (Å²) in [6.07, 6.45) is 0. The first-order valence-electron chi connectivity index (χ1n) is 7.78. The van der Waals surface area contributed by atoms with Crippen LogP contribution in [0.2, 0.25) is 0 Å². The van der Waals surface area contributed by atoms with Crippen LogP contribution in [0.25, 0.3) is 0 Å². The monoisotopic (exact) mass is 343 g/mol. The number of ether oxygens (including phenoxy) is 3. The number of nitrogens with one attached hydrogen (secondary N) is 1. The Balaban J connectivity index is 1.90. The molecule has 0 bridgehead atoms. The maximum absolute atomic E-state index is 12.1. The third-order valence-electron chi connectivity index (χ3n) is 3.63. The average molecular weight is 343 g/mol. The van der Waals surface area contributed by atoms with Crippen LogP contribution in [0.3, 0.4) is 0 Å². The van der Waals surface area contributed by atoms with Gasteiger partial charge in [-0.1, -0.05) is 24.3 Å². The molecule has 2 rings (SSSR count). The maximum atomic E-state index is 12.1. The summed E-state index contributed by atoms with van der Waals surface area (Å²) in [5.74, 6) is 0.110. The number of amides is 1. The van der Waals surface area contributed by atoms with Gasteiger partial charge in [0.25, 0.3) is 5.91 Å². The van der Waals surface area contributed by atoms with Gasteiger partial charge in [-0.15, -0.1) is 0 Å². The summed E-state index contributed by atoms with van der Waals surface area (Å²) in [6.45, 7) is 1.47. The van der Waals surface area contributed by atoms with Crippen molar-refractivity contribution in [3.05, 3.63) is 59.7 Å². The fraction of sp³-hybridized carbons (Fsp3) is 0.263. The third kappa shape index (κ3) is 4.97. The van der Waals surface area contributed by atoms with Gasteiger partial charge in [0.1, 0.15) is 17.1 Å². The molecule has 1 atom stereocenters. The first-order valence-corrected chi connectivity index (χ1v) is 7.78. The Kier molecular flexibility index (Phi) is 6.39. The number of benzene rings is 2. The first kappa shape index (κ1) is 18.3. The number of carbonyl (C=O) groups is 2. The molecule has 6 heteroatoms. The smallest absolute Gasteiger partial charge is 0.342 e. The standard InChI is InChI=1S/C19H21NO5/c1-13(14-7-6-8-15(11-14)23-2)20-18(21)12-25-19(22)16-9-4-5-10-17(16)24-3/h4-11,13H,12H2,1-3H3,(H,20,21). The van der Waals surface area contributed by atoms with Gasteiger partial charge >= 0.3 is 5.97 Å². The zero-order valence-corrected chi connectivity index (χ0v) is 14.4. The van der Waals surface area contributed by atoms with Gasteiger partial charge < -0.3 is 19.5 Å². The quantitative estimate of drug-likeness (QED) is 0.783. The number of para-hydroxylation sites is 1. The molecular weight excluding hydrogens is 322 g/mol. The van der Waals surface area contributed by atoms with Crippen LogP contribution in [-0.2, 0) is 9.53 Å². The van der Waals surface area contributed by atoms with Crippen LogP contribution >= 0.6 is 0 Å². The highest BCUT2D eigenvalue weighted by atomic mass is 16.5. The molecule has 1 unspecified atom stereocenters. The Morgan fingerprint density at radius 3 is 2.52 bits per heavy atom. The van der Waals surface area contributed by atoms with Gasteiger partial charge in [0.15, 0.2) is 6.61 Å². The van der Waals surface area contributed by atoms with Crippen LogP contribution in [0, 0.1) is 0 Å². The molecule has 0 aromatic heterocycles. The van der Waals surface area contributed by atoms with E-state index in [9.17, 15) is 9.59 Å². The minimum atomic E-state index is -0.610. The molecule has 0 saturated carbocycles. The molecule has 1 N–H and O–H groups in total. The number of esters is 1. The summed E-state index contributed by atoms with van der Waals surface area (Å²) in [5, 5.41) is 2.78. The van der Waals surface area contributed by atoms with E-state index in [2.05, 4.69) is 5.32 Å². The zero-order chi connectivity index (χ0) is 18.2. The topological polar surface area (TPSA) is 73.9 Å². The molecular formula is C19H21NO5. The van der Waals surface area contributed by atoms with Gasteiger partial charge in [-0.3, -0.25) is 4.79 Å². The Bertz CT molecular complexity index is 744. The predicted octanol–water partition coefficient (Wildman–Crippen LogP) is 2.74. The molecule has 0 fully saturated rings. The van der Waals surface area contributed by atoms with Crippen molar-refractivity contribution in [3.63, 3.8) is 0 Å². The Morgan fingerprint density at radius 2 is 1.80 bits per heavy atom. The Morgan fingerprint density at radius 1 is 1.04 bits per heavy atom. The van der Waals surface area contributed by atoms with Crippen molar-refractivity contribution in [2.45, 2.75) is 13.0 Å². The van der Waals surface area contributed by atoms with Gasteiger partial charge in [-0.05, 0) is 36.8 Å². The fourth-order valence-corrected chi connectivity index (χ4v) is 2.30. The fourth-order valence-electron chi connectivity index (χ4n) is 2.30. The summed E-state index contributed by atoms with van der Waals surface area (Å²) in [6, 6.07) is 13.8. The minimum Gasteiger partial charge on any atom is -0.497 e. The Labute approximate surface area is 146 Å². The van der Waals surface area contributed by atoms with Crippen molar-refractivity contribution < 1.29 is 23.8 Å². The maximum Gasteiger partial charge on any atom is 0.342 e. The third-order valence-corrected chi connectivity index (χ3v) is 3.63. The van der Waals surface area contributed by atoms with Gasteiger partial charge in [0, 0.05) is 0 Å². The molecule has 0 spiro atoms. The molecule has 1 amide bonds. The lowest BCUT2D eigenvalue weighted by Crippen LogP contribution is -2.31. The van der Waals surface area contributed by atoms with E-state index in [1.165, 1.54) is 7.11 Å². The number of rotatable bonds is 7. The lowest BCUT2D eigenvalue weighted by Gasteiger charge is -2.15.